The van der Waals surface area contributed by atoms with E-state index in [4.69, 9.17) is 25.3 Å². The Kier molecular flexibility index (Phi) is 26.2. The molecule has 56 heavy (non-hydrogen) atoms. The molecule has 2 aliphatic rings. The Morgan fingerprint density at radius 1 is 1.05 bits per heavy atom. The van der Waals surface area contributed by atoms with Crippen molar-refractivity contribution in [2.45, 2.75) is 86.1 Å². The zero-order chi connectivity index (χ0) is 42.7. The van der Waals surface area contributed by atoms with Crippen molar-refractivity contribution in [1.29, 1.82) is 0 Å². The summed E-state index contributed by atoms with van der Waals surface area (Å²) in [7, 11) is 6.97. The summed E-state index contributed by atoms with van der Waals surface area (Å²) in [6.07, 6.45) is 10.7. The summed E-state index contributed by atoms with van der Waals surface area (Å²) in [6, 6.07) is 23.2. The average Bonchev–Trinajstić information content (AvgIpc) is 3.17. The fraction of sp³-hybridized carbons (Fsp3) is 0.457. The number of methoxy groups -OCH3 is 1. The fourth-order valence-corrected chi connectivity index (χ4v) is 6.50. The molecule has 10 heteroatoms. The van der Waals surface area contributed by atoms with E-state index in [0.29, 0.717) is 32.0 Å². The lowest BCUT2D eigenvalue weighted by Crippen LogP contribution is -2.48. The minimum atomic E-state index is -0.581. The number of nitrogens with two attached hydrogens (primary N) is 2. The number of carbonyl (C=O) groups is 3. The molecule has 0 aromatic heterocycles. The van der Waals surface area contributed by atoms with Crippen LogP contribution in [0, 0.1) is 18.3 Å². The second kappa shape index (κ2) is 28.6. The lowest BCUT2D eigenvalue weighted by Gasteiger charge is -2.37. The molecule has 310 valence electrons. The number of allylic oxidation sites excluding steroid dienone is 2. The first-order valence-electron chi connectivity index (χ1n) is 19.3. The summed E-state index contributed by atoms with van der Waals surface area (Å²) in [6.45, 7) is 17.9. The molecule has 0 spiro atoms. The summed E-state index contributed by atoms with van der Waals surface area (Å²) in [5.74, 6) is 1.52. The first-order valence-corrected chi connectivity index (χ1v) is 19.3. The second-order valence-corrected chi connectivity index (χ2v) is 14.7. The highest BCUT2D eigenvalue weighted by Gasteiger charge is 2.37. The van der Waals surface area contributed by atoms with Crippen molar-refractivity contribution in [1.82, 2.24) is 10.4 Å². The predicted molar refractivity (Wildman–Crippen MR) is 235 cm³/mol. The number of carbonyl (C=O) groups excluding carboxylic acids is 3. The Morgan fingerprint density at radius 2 is 1.62 bits per heavy atom. The van der Waals surface area contributed by atoms with Crippen LogP contribution in [0.3, 0.4) is 0 Å². The van der Waals surface area contributed by atoms with Gasteiger partial charge in [-0.3, -0.25) is 9.59 Å². The lowest BCUT2D eigenvalue weighted by atomic mass is 9.76. The van der Waals surface area contributed by atoms with E-state index in [-0.39, 0.29) is 12.3 Å². The van der Waals surface area contributed by atoms with E-state index in [1.165, 1.54) is 76.8 Å². The summed E-state index contributed by atoms with van der Waals surface area (Å²) >= 11 is 0. The van der Waals surface area contributed by atoms with Gasteiger partial charge in [0.1, 0.15) is 12.5 Å². The number of primary amides is 1. The Bertz CT molecular complexity index is 1600. The molecule has 1 aliphatic heterocycles. The molecule has 3 aromatic rings. The second-order valence-electron chi connectivity index (χ2n) is 14.7. The Hall–Kier alpha value is -4.77. The highest BCUT2D eigenvalue weighted by Crippen LogP contribution is 2.43. The maximum absolute atomic E-state index is 13.6. The van der Waals surface area contributed by atoms with Crippen LogP contribution in [0.25, 0.3) is 11.6 Å². The Morgan fingerprint density at radius 3 is 2.12 bits per heavy atom. The number of amides is 2. The van der Waals surface area contributed by atoms with E-state index in [9.17, 15) is 4.79 Å². The SMILES string of the molecule is C=C(C)C.C=O.CCCNC(=O)C1(C)Cc2cc(OC)ccc2/C=C(\C2CCCCC2)c2ccc(C)cc2N(C)C1.CN(C)O.NC=O.NCc1ccccc1. The third-order valence-electron chi connectivity index (χ3n) is 8.91. The van der Waals surface area contributed by atoms with E-state index in [1.807, 2.05) is 51.0 Å². The molecule has 0 bridgehead atoms. The van der Waals surface area contributed by atoms with Gasteiger partial charge in [-0.25, -0.2) is 0 Å². The normalized spacial score (nSPS) is 16.7. The van der Waals surface area contributed by atoms with E-state index >= 15 is 0 Å². The lowest BCUT2D eigenvalue weighted by molar-refractivity contribution is -0.129. The monoisotopic (exact) mass is 774 g/mol. The molecular formula is C46H71N5O5. The highest BCUT2D eigenvalue weighted by molar-refractivity contribution is 5.90. The van der Waals surface area contributed by atoms with Crippen LogP contribution in [0.5, 0.6) is 5.75 Å². The number of hydrogen-bond acceptors (Lipinski definition) is 8. The maximum Gasteiger partial charge on any atom is 0.228 e. The van der Waals surface area contributed by atoms with Crippen LogP contribution in [-0.4, -0.2) is 70.7 Å². The van der Waals surface area contributed by atoms with Gasteiger partial charge in [-0.15, -0.1) is 6.58 Å². The number of nitrogens with zero attached hydrogens (tertiary/aromatic N) is 2. The van der Waals surface area contributed by atoms with Crippen LogP contribution in [-0.2, 0) is 27.3 Å². The molecule has 2 amide bonds. The van der Waals surface area contributed by atoms with Gasteiger partial charge >= 0.3 is 0 Å². The Labute approximate surface area is 337 Å². The van der Waals surface area contributed by atoms with Crippen molar-refractivity contribution in [3.05, 3.63) is 107 Å². The van der Waals surface area contributed by atoms with Crippen molar-refractivity contribution < 1.29 is 24.3 Å². The van der Waals surface area contributed by atoms with E-state index in [2.05, 4.69) is 92.8 Å². The minimum absolute atomic E-state index is 0.117. The van der Waals surface area contributed by atoms with Crippen molar-refractivity contribution >= 4 is 36.4 Å². The van der Waals surface area contributed by atoms with Gasteiger partial charge in [-0.1, -0.05) is 86.4 Å². The van der Waals surface area contributed by atoms with Crippen LogP contribution >= 0.6 is 0 Å². The minimum Gasteiger partial charge on any atom is -0.497 e. The van der Waals surface area contributed by atoms with Crippen molar-refractivity contribution in [2.24, 2.45) is 22.8 Å². The van der Waals surface area contributed by atoms with Crippen LogP contribution in [0.4, 0.5) is 5.69 Å². The van der Waals surface area contributed by atoms with E-state index in [0.717, 1.165) is 17.2 Å². The van der Waals surface area contributed by atoms with E-state index < -0.39 is 5.41 Å². The molecule has 6 N–H and O–H groups in total. The number of rotatable bonds is 6. The van der Waals surface area contributed by atoms with Gasteiger partial charge in [-0.05, 0) is 105 Å². The molecule has 1 fully saturated rings. The summed E-state index contributed by atoms with van der Waals surface area (Å²) in [5.41, 5.74) is 18.9. The number of anilines is 1. The van der Waals surface area contributed by atoms with Crippen molar-refractivity contribution in [3.63, 3.8) is 0 Å². The number of aryl methyl sites for hydroxylation is 1. The average molecular weight is 774 g/mol. The summed E-state index contributed by atoms with van der Waals surface area (Å²) in [4.78, 5) is 32.5. The molecular weight excluding hydrogens is 703 g/mol. The van der Waals surface area contributed by atoms with Crippen LogP contribution in [0.15, 0.2) is 78.9 Å². The molecule has 3 aromatic carbocycles. The largest absolute Gasteiger partial charge is 0.497 e. The third-order valence-corrected chi connectivity index (χ3v) is 8.91. The van der Waals surface area contributed by atoms with Crippen LogP contribution in [0.2, 0.25) is 0 Å². The number of hydroxylamine groups is 2. The van der Waals surface area contributed by atoms with E-state index in [1.54, 1.807) is 21.2 Å². The molecule has 1 aliphatic carbocycles. The number of nitrogens with one attached hydrogen (secondary N) is 1. The molecule has 1 atom stereocenters. The van der Waals surface area contributed by atoms with Crippen molar-refractivity contribution in [3.8, 4) is 5.75 Å². The molecule has 1 heterocycles. The van der Waals surface area contributed by atoms with Gasteiger partial charge in [0, 0.05) is 52.0 Å². The molecule has 10 nitrogen and oxygen atoms in total. The zero-order valence-electron chi connectivity index (χ0n) is 35.7. The topological polar surface area (TPSA) is 151 Å². The number of ether oxygens (including phenoxy) is 1. The first-order chi connectivity index (χ1) is 26.7. The fourth-order valence-electron chi connectivity index (χ4n) is 6.50. The molecule has 1 unspecified atom stereocenters. The van der Waals surface area contributed by atoms with Gasteiger partial charge in [0.15, 0.2) is 0 Å². The molecule has 0 saturated heterocycles. The van der Waals surface area contributed by atoms with Gasteiger partial charge in [-0.2, -0.15) is 5.06 Å². The van der Waals surface area contributed by atoms with Gasteiger partial charge < -0.3 is 36.4 Å². The van der Waals surface area contributed by atoms with Gasteiger partial charge in [0.25, 0.3) is 0 Å². The first kappa shape index (κ1) is 51.2. The number of hydrogen-bond donors (Lipinski definition) is 4. The summed E-state index contributed by atoms with van der Waals surface area (Å²) < 4.78 is 5.60. The predicted octanol–water partition coefficient (Wildman–Crippen LogP) is 8.23. The van der Waals surface area contributed by atoms with Crippen LogP contribution < -0.4 is 26.4 Å². The quantitative estimate of drug-likeness (QED) is 0.111. The molecule has 1 saturated carbocycles. The highest BCUT2D eigenvalue weighted by atomic mass is 16.5. The van der Waals surface area contributed by atoms with Gasteiger partial charge in [0.05, 0.1) is 12.5 Å². The zero-order valence-corrected chi connectivity index (χ0v) is 35.7. The Balaban J connectivity index is 0.00000118. The van der Waals surface area contributed by atoms with Gasteiger partial charge in [0.2, 0.25) is 12.3 Å². The summed E-state index contributed by atoms with van der Waals surface area (Å²) in [5, 5.41) is 12.1. The van der Waals surface area contributed by atoms with Crippen LogP contribution in [0.1, 0.15) is 94.0 Å². The maximum atomic E-state index is 13.6. The number of fused-ring (bicyclic) bond motifs is 2. The standard InChI is InChI=1S/C31H42N2O2.C7H9N.C4H8.C2H7NO.CH3NO.CH2O/c1-6-16-32-30(34)31(3)20-25-18-26(35-5)14-13-24(25)19-28(23-10-8-7-9-11-23)27-15-12-22(2)17-29(27)33(4)21-31;8-6-7-4-2-1-3-5-7;1-4(2)3;1-3(2)4;2-1-3;1-2/h12-15,17-19,23H,6-11,16,20-21H2,1-5H3,(H,32,34);1-5H,6,8H2;1H2,2-3H3;4H,1-2H3;1H,(H2,2,3);1H2/b28-19+;;;;;. The smallest absolute Gasteiger partial charge is 0.228 e. The van der Waals surface area contributed by atoms with Crippen molar-refractivity contribution in [2.75, 3.05) is 46.2 Å². The molecule has 5 rings (SSSR count). The third kappa shape index (κ3) is 19.2. The number of benzene rings is 3. The molecule has 0 radical (unpaired) electrons.